The summed E-state index contributed by atoms with van der Waals surface area (Å²) in [7, 11) is 0. The van der Waals surface area contributed by atoms with Crippen LogP contribution in [0.15, 0.2) is 12.5 Å². The van der Waals surface area contributed by atoms with Crippen molar-refractivity contribution in [3.63, 3.8) is 0 Å². The van der Waals surface area contributed by atoms with E-state index < -0.39 is 0 Å². The van der Waals surface area contributed by atoms with E-state index in [1.807, 2.05) is 12.5 Å². The molecule has 84 valence electrons. The molecule has 0 aliphatic heterocycles. The maximum absolute atomic E-state index is 4.26. The highest BCUT2D eigenvalue weighted by atomic mass is 15.1. The second-order valence-corrected chi connectivity index (χ2v) is 4.73. The summed E-state index contributed by atoms with van der Waals surface area (Å²) in [6.07, 6.45) is 5.32. The summed E-state index contributed by atoms with van der Waals surface area (Å²) < 4.78 is 2.30. The molecule has 0 aromatic carbocycles. The standard InChI is InChI=1S/C12H21N3/c1-4-13-6-10-5-11(10)12-7-14-8-15(12)9(2)3/h7-11,13H,4-6H2,1-3H3. The first kappa shape index (κ1) is 10.7. The molecular formula is C12H21N3. The summed E-state index contributed by atoms with van der Waals surface area (Å²) in [4.78, 5) is 4.26. The lowest BCUT2D eigenvalue weighted by Gasteiger charge is -2.11. The Kier molecular flexibility index (Phi) is 3.10. The largest absolute Gasteiger partial charge is 0.332 e. The summed E-state index contributed by atoms with van der Waals surface area (Å²) >= 11 is 0. The minimum atomic E-state index is 0.530. The molecule has 2 rings (SSSR count). The van der Waals surface area contributed by atoms with Gasteiger partial charge in [-0.25, -0.2) is 4.98 Å². The Morgan fingerprint density at radius 3 is 3.07 bits per heavy atom. The molecule has 1 aromatic heterocycles. The maximum Gasteiger partial charge on any atom is 0.0950 e. The van der Waals surface area contributed by atoms with Gasteiger partial charge in [0.05, 0.1) is 6.33 Å². The molecule has 1 N–H and O–H groups in total. The van der Waals surface area contributed by atoms with E-state index in [4.69, 9.17) is 0 Å². The van der Waals surface area contributed by atoms with Gasteiger partial charge in [-0.3, -0.25) is 0 Å². The van der Waals surface area contributed by atoms with E-state index in [1.165, 1.54) is 12.1 Å². The first-order valence-electron chi connectivity index (χ1n) is 5.96. The van der Waals surface area contributed by atoms with Crippen LogP contribution >= 0.6 is 0 Å². The van der Waals surface area contributed by atoms with Gasteiger partial charge in [0, 0.05) is 23.9 Å². The molecule has 0 bridgehead atoms. The average Bonchev–Trinajstić information content (AvgIpc) is 2.80. The first-order chi connectivity index (χ1) is 7.24. The predicted molar refractivity (Wildman–Crippen MR) is 62.0 cm³/mol. The number of nitrogens with one attached hydrogen (secondary N) is 1. The van der Waals surface area contributed by atoms with Crippen LogP contribution in [-0.4, -0.2) is 22.6 Å². The van der Waals surface area contributed by atoms with Gasteiger partial charge in [-0.05, 0) is 39.3 Å². The topological polar surface area (TPSA) is 29.9 Å². The van der Waals surface area contributed by atoms with Crippen molar-refractivity contribution in [3.8, 4) is 0 Å². The third kappa shape index (κ3) is 2.23. The average molecular weight is 207 g/mol. The van der Waals surface area contributed by atoms with Crippen LogP contribution in [0.25, 0.3) is 0 Å². The number of nitrogens with zero attached hydrogens (tertiary/aromatic N) is 2. The minimum Gasteiger partial charge on any atom is -0.332 e. The highest BCUT2D eigenvalue weighted by molar-refractivity contribution is 5.17. The van der Waals surface area contributed by atoms with E-state index in [1.54, 1.807) is 0 Å². The van der Waals surface area contributed by atoms with Gasteiger partial charge in [0.1, 0.15) is 0 Å². The van der Waals surface area contributed by atoms with Crippen LogP contribution in [0.2, 0.25) is 0 Å². The normalized spacial score (nSPS) is 24.8. The fourth-order valence-electron chi connectivity index (χ4n) is 2.20. The lowest BCUT2D eigenvalue weighted by atomic mass is 10.2. The smallest absolute Gasteiger partial charge is 0.0950 e. The molecule has 1 aliphatic rings. The Bertz CT molecular complexity index is 316. The Labute approximate surface area is 91.9 Å². The predicted octanol–water partition coefficient (Wildman–Crippen LogP) is 2.18. The van der Waals surface area contributed by atoms with Crippen molar-refractivity contribution in [1.29, 1.82) is 0 Å². The number of hydrogen-bond donors (Lipinski definition) is 1. The van der Waals surface area contributed by atoms with Gasteiger partial charge in [-0.15, -0.1) is 0 Å². The van der Waals surface area contributed by atoms with Crippen LogP contribution in [0.4, 0.5) is 0 Å². The Hall–Kier alpha value is -0.830. The number of hydrogen-bond acceptors (Lipinski definition) is 2. The van der Waals surface area contributed by atoms with Gasteiger partial charge >= 0.3 is 0 Å². The van der Waals surface area contributed by atoms with E-state index in [-0.39, 0.29) is 0 Å². The molecule has 0 saturated heterocycles. The Balaban J connectivity index is 1.97. The molecule has 3 heteroatoms. The third-order valence-electron chi connectivity index (χ3n) is 3.21. The van der Waals surface area contributed by atoms with Gasteiger partial charge in [0.2, 0.25) is 0 Å². The van der Waals surface area contributed by atoms with Crippen molar-refractivity contribution in [3.05, 3.63) is 18.2 Å². The van der Waals surface area contributed by atoms with Gasteiger partial charge in [-0.1, -0.05) is 6.92 Å². The zero-order chi connectivity index (χ0) is 10.8. The summed E-state index contributed by atoms with van der Waals surface area (Å²) in [6.45, 7) is 8.83. The molecule has 2 atom stereocenters. The van der Waals surface area contributed by atoms with Crippen molar-refractivity contribution >= 4 is 0 Å². The zero-order valence-corrected chi connectivity index (χ0v) is 9.90. The van der Waals surface area contributed by atoms with Gasteiger partial charge in [0.25, 0.3) is 0 Å². The summed E-state index contributed by atoms with van der Waals surface area (Å²) in [5.41, 5.74) is 1.42. The van der Waals surface area contributed by atoms with E-state index in [0.29, 0.717) is 6.04 Å². The minimum absolute atomic E-state index is 0.530. The van der Waals surface area contributed by atoms with E-state index in [0.717, 1.165) is 24.9 Å². The van der Waals surface area contributed by atoms with E-state index in [9.17, 15) is 0 Å². The van der Waals surface area contributed by atoms with Crippen LogP contribution in [-0.2, 0) is 0 Å². The molecule has 1 aromatic rings. The van der Waals surface area contributed by atoms with Crippen LogP contribution in [0.5, 0.6) is 0 Å². The monoisotopic (exact) mass is 207 g/mol. The molecule has 2 unspecified atom stereocenters. The second kappa shape index (κ2) is 4.35. The van der Waals surface area contributed by atoms with E-state index >= 15 is 0 Å². The summed E-state index contributed by atoms with van der Waals surface area (Å²) in [5.74, 6) is 1.58. The maximum atomic E-state index is 4.26. The van der Waals surface area contributed by atoms with Crippen LogP contribution in [0.1, 0.15) is 44.8 Å². The molecule has 3 nitrogen and oxygen atoms in total. The Morgan fingerprint density at radius 2 is 2.40 bits per heavy atom. The molecule has 0 spiro atoms. The lowest BCUT2D eigenvalue weighted by molar-refractivity contribution is 0.562. The van der Waals surface area contributed by atoms with Crippen LogP contribution < -0.4 is 5.32 Å². The molecule has 15 heavy (non-hydrogen) atoms. The van der Waals surface area contributed by atoms with E-state index in [2.05, 4.69) is 35.6 Å². The molecule has 1 fully saturated rings. The van der Waals surface area contributed by atoms with Crippen LogP contribution in [0, 0.1) is 5.92 Å². The van der Waals surface area contributed by atoms with Crippen molar-refractivity contribution in [1.82, 2.24) is 14.9 Å². The highest BCUT2D eigenvalue weighted by Gasteiger charge is 2.39. The first-order valence-corrected chi connectivity index (χ1v) is 5.96. The van der Waals surface area contributed by atoms with Crippen molar-refractivity contribution in [2.75, 3.05) is 13.1 Å². The van der Waals surface area contributed by atoms with Gasteiger partial charge in [-0.2, -0.15) is 0 Å². The summed E-state index contributed by atoms with van der Waals surface area (Å²) in [6, 6.07) is 0.530. The van der Waals surface area contributed by atoms with Crippen molar-refractivity contribution < 1.29 is 0 Å². The fourth-order valence-corrected chi connectivity index (χ4v) is 2.20. The Morgan fingerprint density at radius 1 is 1.60 bits per heavy atom. The molecule has 0 radical (unpaired) electrons. The third-order valence-corrected chi connectivity index (χ3v) is 3.21. The molecule has 0 amide bonds. The second-order valence-electron chi connectivity index (χ2n) is 4.73. The lowest BCUT2D eigenvalue weighted by Crippen LogP contribution is -2.16. The quantitative estimate of drug-likeness (QED) is 0.802. The molecule has 1 aliphatic carbocycles. The molecule has 1 heterocycles. The van der Waals surface area contributed by atoms with Gasteiger partial charge in [0.15, 0.2) is 0 Å². The number of aromatic nitrogens is 2. The fraction of sp³-hybridized carbons (Fsp3) is 0.750. The molecular weight excluding hydrogens is 186 g/mol. The summed E-state index contributed by atoms with van der Waals surface area (Å²) in [5, 5.41) is 3.42. The van der Waals surface area contributed by atoms with Crippen molar-refractivity contribution in [2.24, 2.45) is 5.92 Å². The van der Waals surface area contributed by atoms with Crippen molar-refractivity contribution in [2.45, 2.75) is 39.2 Å². The zero-order valence-electron chi connectivity index (χ0n) is 9.90. The molecule has 1 saturated carbocycles. The van der Waals surface area contributed by atoms with Crippen LogP contribution in [0.3, 0.4) is 0 Å². The number of rotatable bonds is 5. The number of imidazole rings is 1. The highest BCUT2D eigenvalue weighted by Crippen LogP contribution is 2.47. The van der Waals surface area contributed by atoms with Gasteiger partial charge < -0.3 is 9.88 Å². The SMILES string of the molecule is CCNCC1CC1c1cncn1C(C)C.